The fourth-order valence-electron chi connectivity index (χ4n) is 2.68. The fraction of sp³-hybridized carbons (Fsp3) is 0.882. The van der Waals surface area contributed by atoms with Crippen molar-refractivity contribution in [3.8, 4) is 0 Å². The van der Waals surface area contributed by atoms with Gasteiger partial charge in [-0.15, -0.1) is 0 Å². The molecule has 0 saturated heterocycles. The quantitative estimate of drug-likeness (QED) is 0.465. The van der Waals surface area contributed by atoms with Crippen molar-refractivity contribution in [2.24, 2.45) is 0 Å². The van der Waals surface area contributed by atoms with Crippen LogP contribution >= 0.6 is 0 Å². The fourth-order valence-corrected chi connectivity index (χ4v) is 2.68. The maximum atomic E-state index is 2.53. The van der Waals surface area contributed by atoms with Crippen LogP contribution in [0.3, 0.4) is 0 Å². The van der Waals surface area contributed by atoms with Gasteiger partial charge >= 0.3 is 0 Å². The molecule has 100 valence electrons. The van der Waals surface area contributed by atoms with E-state index in [1.54, 1.807) is 0 Å². The van der Waals surface area contributed by atoms with Crippen molar-refractivity contribution in [2.45, 2.75) is 96.3 Å². The van der Waals surface area contributed by atoms with E-state index in [9.17, 15) is 0 Å². The standard InChI is InChI=1S/C17H32/c1-2-4-6-8-10-12-14-16-17-15-13-11-9-7-5-3-1/h1,14H,2-13,15-17H2. The van der Waals surface area contributed by atoms with Crippen molar-refractivity contribution in [3.05, 3.63) is 12.8 Å². The summed E-state index contributed by atoms with van der Waals surface area (Å²) in [6, 6.07) is 0. The molecule has 0 N–H and O–H groups in total. The predicted molar refractivity (Wildman–Crippen MR) is 77.9 cm³/mol. The van der Waals surface area contributed by atoms with Crippen LogP contribution in [0, 0.1) is 12.8 Å². The maximum Gasteiger partial charge on any atom is -0.0386 e. The average Bonchev–Trinajstić information content (AvgIpc) is 2.35. The molecule has 1 saturated carbocycles. The van der Waals surface area contributed by atoms with E-state index in [-0.39, 0.29) is 0 Å². The van der Waals surface area contributed by atoms with Gasteiger partial charge in [-0.2, -0.15) is 0 Å². The van der Waals surface area contributed by atoms with Gasteiger partial charge in [0.15, 0.2) is 0 Å². The SMILES string of the molecule is [CH]1CCCCCC[CH]CCCCCCCCC1. The molecule has 0 bridgehead atoms. The van der Waals surface area contributed by atoms with Gasteiger partial charge in [0, 0.05) is 0 Å². The van der Waals surface area contributed by atoms with E-state index in [0.29, 0.717) is 0 Å². The number of hydrogen-bond donors (Lipinski definition) is 0. The molecule has 0 amide bonds. The first-order valence-electron chi connectivity index (χ1n) is 8.13. The summed E-state index contributed by atoms with van der Waals surface area (Å²) in [7, 11) is 0. The van der Waals surface area contributed by atoms with Crippen LogP contribution in [-0.2, 0) is 0 Å². The van der Waals surface area contributed by atoms with Crippen LogP contribution in [0.15, 0.2) is 0 Å². The Hall–Kier alpha value is 0. The van der Waals surface area contributed by atoms with Gasteiger partial charge in [-0.3, -0.25) is 0 Å². The second kappa shape index (κ2) is 12.5. The summed E-state index contributed by atoms with van der Waals surface area (Å²) in [6.07, 6.45) is 26.5. The molecule has 0 heteroatoms. The Morgan fingerprint density at radius 2 is 0.529 bits per heavy atom. The number of rotatable bonds is 0. The minimum atomic E-state index is 1.36. The van der Waals surface area contributed by atoms with Crippen molar-refractivity contribution < 1.29 is 0 Å². The molecule has 2 radical (unpaired) electrons. The Balaban J connectivity index is 2.01. The van der Waals surface area contributed by atoms with E-state index < -0.39 is 0 Å². The lowest BCUT2D eigenvalue weighted by Gasteiger charge is -2.02. The Bertz CT molecular complexity index is 69.5. The van der Waals surface area contributed by atoms with E-state index in [1.165, 1.54) is 96.3 Å². The van der Waals surface area contributed by atoms with Gasteiger partial charge in [0.1, 0.15) is 0 Å². The second-order valence-electron chi connectivity index (χ2n) is 5.62. The Morgan fingerprint density at radius 3 is 0.824 bits per heavy atom. The Labute approximate surface area is 110 Å². The first-order chi connectivity index (χ1) is 8.50. The highest BCUT2D eigenvalue weighted by atomic mass is 14.0. The Kier molecular flexibility index (Phi) is 11.0. The van der Waals surface area contributed by atoms with Crippen molar-refractivity contribution in [1.29, 1.82) is 0 Å². The summed E-state index contributed by atoms with van der Waals surface area (Å²) in [4.78, 5) is 0. The van der Waals surface area contributed by atoms with E-state index in [2.05, 4.69) is 12.8 Å². The molecule has 1 fully saturated rings. The second-order valence-corrected chi connectivity index (χ2v) is 5.62. The first kappa shape index (κ1) is 15.1. The summed E-state index contributed by atoms with van der Waals surface area (Å²) in [6.45, 7) is 0. The van der Waals surface area contributed by atoms with Crippen molar-refractivity contribution in [3.63, 3.8) is 0 Å². The summed E-state index contributed by atoms with van der Waals surface area (Å²) >= 11 is 0. The zero-order valence-electron chi connectivity index (χ0n) is 11.8. The molecule has 0 unspecified atom stereocenters. The van der Waals surface area contributed by atoms with Gasteiger partial charge < -0.3 is 0 Å². The van der Waals surface area contributed by atoms with Gasteiger partial charge in [-0.05, 0) is 12.8 Å². The van der Waals surface area contributed by atoms with Gasteiger partial charge in [-0.25, -0.2) is 0 Å². The molecule has 0 spiro atoms. The van der Waals surface area contributed by atoms with Crippen LogP contribution in [0.4, 0.5) is 0 Å². The van der Waals surface area contributed by atoms with Crippen LogP contribution < -0.4 is 0 Å². The minimum Gasteiger partial charge on any atom is -0.0533 e. The van der Waals surface area contributed by atoms with E-state index >= 15 is 0 Å². The third-order valence-electron chi connectivity index (χ3n) is 3.88. The third-order valence-corrected chi connectivity index (χ3v) is 3.88. The van der Waals surface area contributed by atoms with Crippen LogP contribution in [0.1, 0.15) is 96.3 Å². The lowest BCUT2D eigenvalue weighted by Crippen LogP contribution is -1.83. The zero-order valence-corrected chi connectivity index (χ0v) is 11.8. The van der Waals surface area contributed by atoms with Crippen LogP contribution in [-0.4, -0.2) is 0 Å². The lowest BCUT2D eigenvalue weighted by atomic mass is 10.0. The molecule has 0 aromatic carbocycles. The summed E-state index contributed by atoms with van der Waals surface area (Å²) < 4.78 is 0. The highest BCUT2D eigenvalue weighted by Crippen LogP contribution is 2.15. The van der Waals surface area contributed by atoms with Crippen LogP contribution in [0.25, 0.3) is 0 Å². The first-order valence-corrected chi connectivity index (χ1v) is 8.13. The van der Waals surface area contributed by atoms with E-state index in [0.717, 1.165) is 0 Å². The van der Waals surface area contributed by atoms with Gasteiger partial charge in [-0.1, -0.05) is 96.3 Å². The van der Waals surface area contributed by atoms with Crippen molar-refractivity contribution in [1.82, 2.24) is 0 Å². The van der Waals surface area contributed by atoms with Crippen molar-refractivity contribution in [2.75, 3.05) is 0 Å². The van der Waals surface area contributed by atoms with Crippen LogP contribution in [0.5, 0.6) is 0 Å². The highest BCUT2D eigenvalue weighted by Gasteiger charge is 1.96. The van der Waals surface area contributed by atoms with E-state index in [4.69, 9.17) is 0 Å². The largest absolute Gasteiger partial charge is 0.0533 e. The molecule has 0 aromatic rings. The maximum absolute atomic E-state index is 2.53. The molecule has 0 aromatic heterocycles. The zero-order chi connectivity index (χ0) is 12.0. The molecule has 1 rings (SSSR count). The molecule has 0 heterocycles. The topological polar surface area (TPSA) is 0 Å². The molecular formula is C17H32. The molecular weight excluding hydrogens is 204 g/mol. The van der Waals surface area contributed by atoms with Gasteiger partial charge in [0.2, 0.25) is 0 Å². The predicted octanol–water partition coefficient (Wildman–Crippen LogP) is 6.26. The summed E-state index contributed by atoms with van der Waals surface area (Å²) in [5.41, 5.74) is 0. The Morgan fingerprint density at radius 1 is 0.294 bits per heavy atom. The van der Waals surface area contributed by atoms with Gasteiger partial charge in [0.05, 0.1) is 0 Å². The lowest BCUT2D eigenvalue weighted by molar-refractivity contribution is 0.571. The summed E-state index contributed by atoms with van der Waals surface area (Å²) in [5.74, 6) is 0. The smallest absolute Gasteiger partial charge is 0.0386 e. The normalized spacial score (nSPS) is 24.0. The van der Waals surface area contributed by atoms with E-state index in [1.807, 2.05) is 0 Å². The summed E-state index contributed by atoms with van der Waals surface area (Å²) in [5, 5.41) is 0. The molecule has 0 aliphatic heterocycles. The monoisotopic (exact) mass is 236 g/mol. The third kappa shape index (κ3) is 10.9. The van der Waals surface area contributed by atoms with Crippen molar-refractivity contribution >= 4 is 0 Å². The molecule has 0 atom stereocenters. The average molecular weight is 236 g/mol. The molecule has 1 aliphatic carbocycles. The molecule has 0 nitrogen and oxygen atoms in total. The van der Waals surface area contributed by atoms with Crippen LogP contribution in [0.2, 0.25) is 0 Å². The molecule has 17 heavy (non-hydrogen) atoms. The minimum absolute atomic E-state index is 1.36. The number of hydrogen-bond acceptors (Lipinski definition) is 0. The highest BCUT2D eigenvalue weighted by molar-refractivity contribution is 4.67. The molecule has 1 aliphatic rings. The van der Waals surface area contributed by atoms with Gasteiger partial charge in [0.25, 0.3) is 0 Å².